The summed E-state index contributed by atoms with van der Waals surface area (Å²) < 4.78 is 0.679. The smallest absolute Gasteiger partial charge is 0.291 e. The summed E-state index contributed by atoms with van der Waals surface area (Å²) in [7, 11) is 0. The summed E-state index contributed by atoms with van der Waals surface area (Å²) in [6, 6.07) is 0. The second-order valence-electron chi connectivity index (χ2n) is 5.95. The fourth-order valence-corrected chi connectivity index (χ4v) is 2.63. The van der Waals surface area contributed by atoms with Gasteiger partial charge in [0.15, 0.2) is 0 Å². The van der Waals surface area contributed by atoms with Crippen molar-refractivity contribution >= 4 is 27.4 Å². The Bertz CT molecular complexity index is 520. The molecule has 1 heterocycles. The highest BCUT2D eigenvalue weighted by molar-refractivity contribution is 9.10. The Balaban J connectivity index is 3.20. The van der Waals surface area contributed by atoms with E-state index in [2.05, 4.69) is 46.6 Å². The molecule has 118 valence electrons. The van der Waals surface area contributed by atoms with E-state index >= 15 is 0 Å². The van der Waals surface area contributed by atoms with Crippen LogP contribution in [-0.2, 0) is 0 Å². The van der Waals surface area contributed by atoms with Crippen LogP contribution >= 0.6 is 15.9 Å². The molecule has 0 atom stereocenters. The molecule has 0 saturated heterocycles. The molecular weight excluding hydrogens is 336 g/mol. The van der Waals surface area contributed by atoms with Gasteiger partial charge in [0.25, 0.3) is 5.69 Å². The van der Waals surface area contributed by atoms with Crippen LogP contribution in [0.15, 0.2) is 10.7 Å². The Labute approximate surface area is 134 Å². The molecule has 0 amide bonds. The molecule has 0 bridgehead atoms. The Morgan fingerprint density at radius 3 is 2.62 bits per heavy atom. The Kier molecular flexibility index (Phi) is 6.10. The van der Waals surface area contributed by atoms with Crippen molar-refractivity contribution in [1.82, 2.24) is 4.98 Å². The molecular formula is C14H23BrN4O2. The summed E-state index contributed by atoms with van der Waals surface area (Å²) in [5.74, 6) is 0.737. The molecule has 0 aromatic carbocycles. The maximum absolute atomic E-state index is 11.0. The Morgan fingerprint density at radius 2 is 2.14 bits per heavy atom. The van der Waals surface area contributed by atoms with E-state index in [4.69, 9.17) is 5.73 Å². The summed E-state index contributed by atoms with van der Waals surface area (Å²) >= 11 is 3.46. The van der Waals surface area contributed by atoms with Crippen molar-refractivity contribution in [1.29, 1.82) is 0 Å². The number of halogens is 1. The van der Waals surface area contributed by atoms with Crippen molar-refractivity contribution < 1.29 is 4.92 Å². The number of nitrogens with two attached hydrogens (primary N) is 1. The molecule has 0 radical (unpaired) electrons. The lowest BCUT2D eigenvalue weighted by Crippen LogP contribution is -2.39. The normalized spacial score (nSPS) is 11.5. The highest BCUT2D eigenvalue weighted by atomic mass is 79.9. The maximum atomic E-state index is 11.0. The fraction of sp³-hybridized carbons (Fsp3) is 0.643. The lowest BCUT2D eigenvalue weighted by Gasteiger charge is -2.33. The van der Waals surface area contributed by atoms with Crippen molar-refractivity contribution in [3.63, 3.8) is 0 Å². The molecule has 1 rings (SSSR count). The van der Waals surface area contributed by atoms with E-state index in [9.17, 15) is 10.1 Å². The minimum absolute atomic E-state index is 0.0279. The van der Waals surface area contributed by atoms with Crippen molar-refractivity contribution in [2.45, 2.75) is 34.1 Å². The van der Waals surface area contributed by atoms with Crippen LogP contribution in [0, 0.1) is 22.5 Å². The van der Waals surface area contributed by atoms with Gasteiger partial charge in [-0.2, -0.15) is 0 Å². The van der Waals surface area contributed by atoms with E-state index in [1.165, 1.54) is 6.20 Å². The second-order valence-corrected chi connectivity index (χ2v) is 6.75. The summed E-state index contributed by atoms with van der Waals surface area (Å²) in [5.41, 5.74) is 6.38. The third kappa shape index (κ3) is 4.38. The average molecular weight is 359 g/mol. The SMILES string of the molecule is CCCN(CC(C)(C)CN)c1ncc([N+](=O)[O-])c(C)c1Br. The van der Waals surface area contributed by atoms with Crippen LogP contribution in [0.25, 0.3) is 0 Å². The van der Waals surface area contributed by atoms with E-state index in [0.717, 1.165) is 25.3 Å². The van der Waals surface area contributed by atoms with Crippen molar-refractivity contribution in [2.75, 3.05) is 24.5 Å². The van der Waals surface area contributed by atoms with E-state index in [1.54, 1.807) is 6.92 Å². The van der Waals surface area contributed by atoms with E-state index in [0.29, 0.717) is 16.6 Å². The van der Waals surface area contributed by atoms with E-state index in [1.807, 2.05) is 0 Å². The van der Waals surface area contributed by atoms with Gasteiger partial charge in [-0.1, -0.05) is 20.8 Å². The second kappa shape index (κ2) is 7.17. The minimum Gasteiger partial charge on any atom is -0.355 e. The molecule has 2 N–H and O–H groups in total. The summed E-state index contributed by atoms with van der Waals surface area (Å²) in [6.07, 6.45) is 2.29. The molecule has 0 aliphatic carbocycles. The van der Waals surface area contributed by atoms with Gasteiger partial charge in [-0.25, -0.2) is 4.98 Å². The molecule has 7 heteroatoms. The molecule has 0 fully saturated rings. The lowest BCUT2D eigenvalue weighted by molar-refractivity contribution is -0.385. The zero-order valence-electron chi connectivity index (χ0n) is 13.0. The predicted molar refractivity (Wildman–Crippen MR) is 88.7 cm³/mol. The summed E-state index contributed by atoms with van der Waals surface area (Å²) in [4.78, 5) is 17.0. The van der Waals surface area contributed by atoms with Crippen LogP contribution in [0.1, 0.15) is 32.8 Å². The minimum atomic E-state index is -0.412. The zero-order valence-corrected chi connectivity index (χ0v) is 14.6. The predicted octanol–water partition coefficient (Wildman–Crippen LogP) is 3.26. The molecule has 0 aliphatic heterocycles. The highest BCUT2D eigenvalue weighted by Crippen LogP contribution is 2.34. The monoisotopic (exact) mass is 358 g/mol. The van der Waals surface area contributed by atoms with Crippen LogP contribution in [-0.4, -0.2) is 29.5 Å². The largest absolute Gasteiger partial charge is 0.355 e. The third-order valence-corrected chi connectivity index (χ3v) is 4.33. The number of pyridine rings is 1. The topological polar surface area (TPSA) is 85.3 Å². The zero-order chi connectivity index (χ0) is 16.2. The number of anilines is 1. The van der Waals surface area contributed by atoms with E-state index in [-0.39, 0.29) is 11.1 Å². The van der Waals surface area contributed by atoms with Crippen LogP contribution in [0.3, 0.4) is 0 Å². The number of aromatic nitrogens is 1. The first-order valence-electron chi connectivity index (χ1n) is 6.98. The van der Waals surface area contributed by atoms with Gasteiger partial charge in [0.1, 0.15) is 12.0 Å². The number of hydrogen-bond acceptors (Lipinski definition) is 5. The van der Waals surface area contributed by atoms with Crippen molar-refractivity contribution in [3.05, 3.63) is 26.3 Å². The van der Waals surface area contributed by atoms with Crippen molar-refractivity contribution in [3.8, 4) is 0 Å². The average Bonchev–Trinajstić information content (AvgIpc) is 2.40. The number of nitro groups is 1. The van der Waals surface area contributed by atoms with Crippen molar-refractivity contribution in [2.24, 2.45) is 11.1 Å². The summed E-state index contributed by atoms with van der Waals surface area (Å²) in [5, 5.41) is 11.0. The molecule has 0 aliphatic rings. The Morgan fingerprint density at radius 1 is 1.52 bits per heavy atom. The van der Waals surface area contributed by atoms with Gasteiger partial charge in [0.2, 0.25) is 0 Å². The molecule has 1 aromatic heterocycles. The fourth-order valence-electron chi connectivity index (χ4n) is 2.07. The quantitative estimate of drug-likeness (QED) is 0.597. The van der Waals surface area contributed by atoms with Crippen LogP contribution in [0.4, 0.5) is 11.5 Å². The maximum Gasteiger partial charge on any atom is 0.291 e. The molecule has 6 nitrogen and oxygen atoms in total. The van der Waals surface area contributed by atoms with E-state index < -0.39 is 4.92 Å². The van der Waals surface area contributed by atoms with Gasteiger partial charge in [0.05, 0.1) is 9.40 Å². The standard InChI is InChI=1S/C14H23BrN4O2/c1-5-6-18(9-14(3,4)8-16)13-12(15)10(2)11(7-17-13)19(20)21/h7H,5-6,8-9,16H2,1-4H3. The van der Waals surface area contributed by atoms with Gasteiger partial charge >= 0.3 is 0 Å². The first-order chi connectivity index (χ1) is 9.73. The van der Waals surface area contributed by atoms with Crippen LogP contribution < -0.4 is 10.6 Å². The number of nitrogens with zero attached hydrogens (tertiary/aromatic N) is 3. The van der Waals surface area contributed by atoms with Gasteiger partial charge in [-0.05, 0) is 41.2 Å². The number of rotatable bonds is 7. The highest BCUT2D eigenvalue weighted by Gasteiger charge is 2.25. The van der Waals surface area contributed by atoms with Gasteiger partial charge < -0.3 is 10.6 Å². The molecule has 0 spiro atoms. The molecule has 21 heavy (non-hydrogen) atoms. The van der Waals surface area contributed by atoms with Gasteiger partial charge in [-0.15, -0.1) is 0 Å². The molecule has 0 unspecified atom stereocenters. The number of hydrogen-bond donors (Lipinski definition) is 1. The molecule has 1 aromatic rings. The van der Waals surface area contributed by atoms with Crippen LogP contribution in [0.2, 0.25) is 0 Å². The Hall–Kier alpha value is -1.21. The van der Waals surface area contributed by atoms with Gasteiger partial charge in [-0.3, -0.25) is 10.1 Å². The first-order valence-corrected chi connectivity index (χ1v) is 7.77. The third-order valence-electron chi connectivity index (χ3n) is 3.38. The lowest BCUT2D eigenvalue weighted by atomic mass is 9.93. The molecule has 0 saturated carbocycles. The summed E-state index contributed by atoms with van der Waals surface area (Å²) in [6.45, 7) is 10.2. The van der Waals surface area contributed by atoms with Gasteiger partial charge in [0, 0.05) is 18.7 Å². The first kappa shape index (κ1) is 17.8. The van der Waals surface area contributed by atoms with Crippen LogP contribution in [0.5, 0.6) is 0 Å².